The second-order valence-corrected chi connectivity index (χ2v) is 5.25. The molecule has 0 aromatic carbocycles. The van der Waals surface area contributed by atoms with Crippen molar-refractivity contribution in [3.63, 3.8) is 0 Å². The van der Waals surface area contributed by atoms with Gasteiger partial charge in [0.25, 0.3) is 0 Å². The van der Waals surface area contributed by atoms with Crippen molar-refractivity contribution in [2.45, 2.75) is 51.7 Å². The van der Waals surface area contributed by atoms with Crippen molar-refractivity contribution in [2.24, 2.45) is 11.8 Å². The molecule has 1 fully saturated rings. The molecule has 0 aromatic rings. The molecule has 1 aliphatic carbocycles. The molecule has 100 valence electrons. The minimum absolute atomic E-state index is 0.213. The lowest BCUT2D eigenvalue weighted by atomic mass is 9.74. The maximum absolute atomic E-state index is 9.74. The van der Waals surface area contributed by atoms with Gasteiger partial charge in [-0.2, -0.15) is 0 Å². The maximum Gasteiger partial charge on any atom is 0.327 e. The smallest absolute Gasteiger partial charge is 0.327 e. The lowest BCUT2D eigenvalue weighted by Crippen LogP contribution is -2.39. The van der Waals surface area contributed by atoms with E-state index in [-0.39, 0.29) is 12.0 Å². The second kappa shape index (κ2) is 6.77. The van der Waals surface area contributed by atoms with Crippen LogP contribution in [0.2, 0.25) is 0 Å². The summed E-state index contributed by atoms with van der Waals surface area (Å²) < 4.78 is 0. The third kappa shape index (κ3) is 6.44. The van der Waals surface area contributed by atoms with Gasteiger partial charge in [-0.15, -0.1) is 0 Å². The van der Waals surface area contributed by atoms with Crippen molar-refractivity contribution in [3.05, 3.63) is 12.7 Å². The SMILES string of the molecule is C=CC(=O)O.CC1CCC(C(C)(C)O)CC1O. The summed E-state index contributed by atoms with van der Waals surface area (Å²) >= 11 is 0. The molecule has 1 saturated carbocycles. The molecule has 0 heterocycles. The molecule has 0 radical (unpaired) electrons. The van der Waals surface area contributed by atoms with Crippen molar-refractivity contribution in [1.29, 1.82) is 0 Å². The number of aliphatic hydroxyl groups is 2. The number of aliphatic hydroxyl groups excluding tert-OH is 1. The molecular weight excluding hydrogens is 220 g/mol. The van der Waals surface area contributed by atoms with Gasteiger partial charge in [0.1, 0.15) is 0 Å². The molecule has 17 heavy (non-hydrogen) atoms. The van der Waals surface area contributed by atoms with E-state index in [9.17, 15) is 15.0 Å². The highest BCUT2D eigenvalue weighted by Crippen LogP contribution is 2.35. The third-order valence-corrected chi connectivity index (χ3v) is 3.33. The fourth-order valence-electron chi connectivity index (χ4n) is 1.94. The number of rotatable bonds is 2. The van der Waals surface area contributed by atoms with Gasteiger partial charge in [-0.3, -0.25) is 0 Å². The summed E-state index contributed by atoms with van der Waals surface area (Å²) in [5, 5.41) is 26.9. The lowest BCUT2D eigenvalue weighted by molar-refractivity contribution is -0.131. The van der Waals surface area contributed by atoms with E-state index < -0.39 is 11.6 Å². The van der Waals surface area contributed by atoms with Crippen LogP contribution in [0, 0.1) is 11.8 Å². The Bertz CT molecular complexity index is 255. The fraction of sp³-hybridized carbons (Fsp3) is 0.769. The Labute approximate surface area is 103 Å². The molecule has 0 amide bonds. The van der Waals surface area contributed by atoms with E-state index in [4.69, 9.17) is 5.11 Å². The Morgan fingerprint density at radius 2 is 1.88 bits per heavy atom. The number of aliphatic carboxylic acids is 1. The van der Waals surface area contributed by atoms with Crippen molar-refractivity contribution in [2.75, 3.05) is 0 Å². The first-order valence-corrected chi connectivity index (χ1v) is 5.94. The van der Waals surface area contributed by atoms with E-state index in [1.807, 2.05) is 13.8 Å². The minimum Gasteiger partial charge on any atom is -0.478 e. The summed E-state index contributed by atoms with van der Waals surface area (Å²) in [7, 11) is 0. The Kier molecular flexibility index (Phi) is 6.42. The van der Waals surface area contributed by atoms with Crippen molar-refractivity contribution < 1.29 is 20.1 Å². The van der Waals surface area contributed by atoms with E-state index in [0.29, 0.717) is 5.92 Å². The predicted octanol–water partition coefficient (Wildman–Crippen LogP) is 1.81. The van der Waals surface area contributed by atoms with E-state index >= 15 is 0 Å². The summed E-state index contributed by atoms with van der Waals surface area (Å²) in [6.45, 7) is 8.70. The topological polar surface area (TPSA) is 77.8 Å². The Hall–Kier alpha value is -0.870. The zero-order valence-corrected chi connectivity index (χ0v) is 10.9. The minimum atomic E-state index is -0.981. The molecule has 0 spiro atoms. The average Bonchev–Trinajstić information content (AvgIpc) is 2.21. The van der Waals surface area contributed by atoms with E-state index in [1.165, 1.54) is 0 Å². The summed E-state index contributed by atoms with van der Waals surface area (Å²) in [5.74, 6) is -0.308. The average molecular weight is 244 g/mol. The maximum atomic E-state index is 9.74. The number of hydrogen-bond acceptors (Lipinski definition) is 3. The summed E-state index contributed by atoms with van der Waals surface area (Å²) in [4.78, 5) is 9.25. The fourth-order valence-corrected chi connectivity index (χ4v) is 1.94. The van der Waals surface area contributed by atoms with Gasteiger partial charge in [-0.1, -0.05) is 13.5 Å². The van der Waals surface area contributed by atoms with Gasteiger partial charge in [-0.25, -0.2) is 4.79 Å². The largest absolute Gasteiger partial charge is 0.478 e. The highest BCUT2D eigenvalue weighted by atomic mass is 16.4. The highest BCUT2D eigenvalue weighted by Gasteiger charge is 2.34. The first kappa shape index (κ1) is 16.1. The standard InChI is InChI=1S/C10H20O2.C3H4O2/c1-7-4-5-8(6-9(7)11)10(2,3)12;1-2-3(4)5/h7-9,11-12H,4-6H2,1-3H3;2H,1H2,(H,4,5). The molecule has 4 heteroatoms. The van der Waals surface area contributed by atoms with Gasteiger partial charge in [0.05, 0.1) is 11.7 Å². The molecule has 4 nitrogen and oxygen atoms in total. The number of carboxylic acids is 1. The molecule has 3 unspecified atom stereocenters. The molecule has 0 bridgehead atoms. The van der Waals surface area contributed by atoms with Crippen LogP contribution in [0.1, 0.15) is 40.0 Å². The first-order valence-electron chi connectivity index (χ1n) is 5.94. The van der Waals surface area contributed by atoms with E-state index in [2.05, 4.69) is 13.5 Å². The number of hydrogen-bond donors (Lipinski definition) is 3. The summed E-state index contributed by atoms with van der Waals surface area (Å²) in [5.41, 5.74) is -0.624. The molecule has 1 rings (SSSR count). The van der Waals surface area contributed by atoms with Crippen molar-refractivity contribution in [3.8, 4) is 0 Å². The molecule has 3 N–H and O–H groups in total. The third-order valence-electron chi connectivity index (χ3n) is 3.33. The van der Waals surface area contributed by atoms with Crippen LogP contribution in [0.15, 0.2) is 12.7 Å². The van der Waals surface area contributed by atoms with Gasteiger partial charge >= 0.3 is 5.97 Å². The molecular formula is C13H24O4. The monoisotopic (exact) mass is 244 g/mol. The van der Waals surface area contributed by atoms with Crippen LogP contribution in [-0.2, 0) is 4.79 Å². The quantitative estimate of drug-likeness (QED) is 0.647. The zero-order valence-electron chi connectivity index (χ0n) is 10.9. The Morgan fingerprint density at radius 3 is 2.18 bits per heavy atom. The van der Waals surface area contributed by atoms with Crippen molar-refractivity contribution in [1.82, 2.24) is 0 Å². The van der Waals surface area contributed by atoms with Gasteiger partial charge in [0, 0.05) is 6.08 Å². The van der Waals surface area contributed by atoms with Gasteiger partial charge < -0.3 is 15.3 Å². The zero-order chi connectivity index (χ0) is 13.6. The number of carboxylic acid groups (broad SMARTS) is 1. The van der Waals surface area contributed by atoms with Gasteiger partial charge in [0.2, 0.25) is 0 Å². The molecule has 3 atom stereocenters. The predicted molar refractivity (Wildman–Crippen MR) is 66.6 cm³/mol. The molecule has 0 aliphatic heterocycles. The van der Waals surface area contributed by atoms with Crippen molar-refractivity contribution >= 4 is 5.97 Å². The molecule has 1 aliphatic rings. The van der Waals surface area contributed by atoms with Crippen LogP contribution in [-0.4, -0.2) is 33.0 Å². The highest BCUT2D eigenvalue weighted by molar-refractivity contribution is 5.78. The van der Waals surface area contributed by atoms with Crippen LogP contribution >= 0.6 is 0 Å². The Morgan fingerprint density at radius 1 is 1.41 bits per heavy atom. The normalized spacial score (nSPS) is 28.9. The van der Waals surface area contributed by atoms with Crippen LogP contribution in [0.5, 0.6) is 0 Å². The van der Waals surface area contributed by atoms with Crippen LogP contribution in [0.4, 0.5) is 0 Å². The van der Waals surface area contributed by atoms with E-state index in [0.717, 1.165) is 25.3 Å². The second-order valence-electron chi connectivity index (χ2n) is 5.25. The summed E-state index contributed by atoms with van der Waals surface area (Å²) in [6.07, 6.45) is 3.46. The lowest BCUT2D eigenvalue weighted by Gasteiger charge is -2.37. The molecule has 0 aromatic heterocycles. The summed E-state index contributed by atoms with van der Waals surface area (Å²) in [6, 6.07) is 0. The van der Waals surface area contributed by atoms with Gasteiger partial charge in [0.15, 0.2) is 0 Å². The van der Waals surface area contributed by atoms with Crippen LogP contribution in [0.25, 0.3) is 0 Å². The number of carbonyl (C=O) groups is 1. The van der Waals surface area contributed by atoms with Crippen LogP contribution < -0.4 is 0 Å². The van der Waals surface area contributed by atoms with Gasteiger partial charge in [-0.05, 0) is 44.9 Å². The Balaban J connectivity index is 0.000000437. The first-order chi connectivity index (χ1) is 7.68. The molecule has 0 saturated heterocycles. The van der Waals surface area contributed by atoms with E-state index in [1.54, 1.807) is 0 Å². The van der Waals surface area contributed by atoms with Crippen LogP contribution in [0.3, 0.4) is 0 Å².